The molecule has 0 amide bonds. The molecule has 0 saturated carbocycles. The monoisotopic (exact) mass is 306 g/mol. The first-order valence-corrected chi connectivity index (χ1v) is 6.93. The number of hydroxylamine groups is 1. The highest BCUT2D eigenvalue weighted by Gasteiger charge is 2.31. The van der Waals surface area contributed by atoms with E-state index in [1.807, 2.05) is 0 Å². The number of esters is 1. The average molecular weight is 307 g/mol. The van der Waals surface area contributed by atoms with Crippen molar-refractivity contribution in [1.29, 1.82) is 0 Å². The van der Waals surface area contributed by atoms with Crippen LogP contribution in [0.2, 0.25) is 5.02 Å². The largest absolute Gasteiger partial charge is 0.758 e. The summed E-state index contributed by atoms with van der Waals surface area (Å²) >= 11 is 6.12. The van der Waals surface area contributed by atoms with E-state index in [0.29, 0.717) is 22.1 Å². The van der Waals surface area contributed by atoms with Crippen LogP contribution in [0.15, 0.2) is 24.5 Å². The maximum atomic E-state index is 12.5. The molecule has 6 nitrogen and oxygen atoms in total. The van der Waals surface area contributed by atoms with Crippen molar-refractivity contribution in [2.24, 2.45) is 0 Å². The van der Waals surface area contributed by atoms with Gasteiger partial charge in [-0.2, -0.15) is 0 Å². The lowest BCUT2D eigenvalue weighted by Crippen LogP contribution is -2.29. The van der Waals surface area contributed by atoms with Crippen LogP contribution in [-0.4, -0.2) is 22.1 Å². The van der Waals surface area contributed by atoms with Crippen molar-refractivity contribution in [3.8, 4) is 5.69 Å². The van der Waals surface area contributed by atoms with Crippen LogP contribution in [0, 0.1) is 5.21 Å². The van der Waals surface area contributed by atoms with Crippen LogP contribution >= 0.6 is 11.6 Å². The summed E-state index contributed by atoms with van der Waals surface area (Å²) in [7, 11) is 0. The molecule has 0 aliphatic carbocycles. The van der Waals surface area contributed by atoms with Gasteiger partial charge >= 0.3 is 5.97 Å². The van der Waals surface area contributed by atoms with Gasteiger partial charge in [-0.15, -0.1) is 0 Å². The Morgan fingerprint density at radius 3 is 3.00 bits per heavy atom. The van der Waals surface area contributed by atoms with Gasteiger partial charge in [0.25, 0.3) is 0 Å². The number of hydrogen-bond donors (Lipinski definition) is 0. The second-order valence-corrected chi connectivity index (χ2v) is 5.09. The fourth-order valence-corrected chi connectivity index (χ4v) is 2.78. The molecule has 1 unspecified atom stereocenters. The van der Waals surface area contributed by atoms with Crippen molar-refractivity contribution in [3.05, 3.63) is 46.1 Å². The standard InChI is InChI=1S/C14H13ClN3O3/c1-3-21-14(19)11-12-8(2)18(20)13-9(15)5-4-6-10(13)17(12)7-16-11/h4-8H,3H2,1-2H3/q-1. The Balaban J connectivity index is 2.21. The smallest absolute Gasteiger partial charge is 0.358 e. The first-order valence-electron chi connectivity index (χ1n) is 6.55. The number of fused-ring (bicyclic) bond motifs is 3. The van der Waals surface area contributed by atoms with Crippen molar-refractivity contribution in [2.45, 2.75) is 19.9 Å². The number of benzene rings is 1. The summed E-state index contributed by atoms with van der Waals surface area (Å²) in [6.45, 7) is 3.68. The lowest BCUT2D eigenvalue weighted by Gasteiger charge is -2.43. The highest BCUT2D eigenvalue weighted by Crippen LogP contribution is 2.42. The number of para-hydroxylation sites is 1. The lowest BCUT2D eigenvalue weighted by atomic mass is 10.1. The van der Waals surface area contributed by atoms with E-state index in [2.05, 4.69) is 4.98 Å². The Morgan fingerprint density at radius 2 is 2.29 bits per heavy atom. The van der Waals surface area contributed by atoms with Gasteiger partial charge < -0.3 is 15.0 Å². The number of hydrogen-bond acceptors (Lipinski definition) is 5. The van der Waals surface area contributed by atoms with Gasteiger partial charge in [0.2, 0.25) is 0 Å². The van der Waals surface area contributed by atoms with Crippen LogP contribution in [0.5, 0.6) is 0 Å². The van der Waals surface area contributed by atoms with E-state index in [4.69, 9.17) is 16.3 Å². The molecule has 0 N–H and O–H groups in total. The molecule has 0 saturated heterocycles. The van der Waals surface area contributed by atoms with E-state index < -0.39 is 12.0 Å². The van der Waals surface area contributed by atoms with Crippen LogP contribution in [0.25, 0.3) is 5.69 Å². The van der Waals surface area contributed by atoms with E-state index >= 15 is 0 Å². The summed E-state index contributed by atoms with van der Waals surface area (Å²) in [6, 6.07) is 4.59. The Labute approximate surface area is 126 Å². The Bertz CT molecular complexity index is 713. The summed E-state index contributed by atoms with van der Waals surface area (Å²) in [6.07, 6.45) is 1.51. The minimum Gasteiger partial charge on any atom is -0.758 e. The highest BCUT2D eigenvalue weighted by molar-refractivity contribution is 6.33. The number of carbonyl (C=O) groups excluding carboxylic acids is 1. The number of anilines is 1. The molecule has 0 radical (unpaired) electrons. The van der Waals surface area contributed by atoms with Crippen LogP contribution in [0.1, 0.15) is 36.1 Å². The van der Waals surface area contributed by atoms with Crippen molar-refractivity contribution in [3.63, 3.8) is 0 Å². The number of imidazole rings is 1. The average Bonchev–Trinajstić information content (AvgIpc) is 2.90. The van der Waals surface area contributed by atoms with Crippen molar-refractivity contribution >= 4 is 23.3 Å². The number of nitrogens with zero attached hydrogens (tertiary/aromatic N) is 3. The summed E-state index contributed by atoms with van der Waals surface area (Å²) in [5.41, 5.74) is 1.66. The molecule has 1 atom stereocenters. The normalized spacial score (nSPS) is 16.4. The quantitative estimate of drug-likeness (QED) is 0.797. The maximum absolute atomic E-state index is 12.5. The lowest BCUT2D eigenvalue weighted by molar-refractivity contribution is 0.0518. The summed E-state index contributed by atoms with van der Waals surface area (Å²) < 4.78 is 6.70. The van der Waals surface area contributed by atoms with Crippen LogP contribution in [-0.2, 0) is 4.74 Å². The zero-order valence-electron chi connectivity index (χ0n) is 11.5. The second kappa shape index (κ2) is 5.05. The number of carbonyl (C=O) groups is 1. The van der Waals surface area contributed by atoms with E-state index in [1.54, 1.807) is 36.6 Å². The van der Waals surface area contributed by atoms with Gasteiger partial charge in [0, 0.05) is 0 Å². The molecule has 0 bridgehead atoms. The number of ether oxygens (including phenoxy) is 1. The van der Waals surface area contributed by atoms with Crippen LogP contribution < -0.4 is 5.06 Å². The highest BCUT2D eigenvalue weighted by atomic mass is 35.5. The maximum Gasteiger partial charge on any atom is 0.358 e. The molecule has 0 fully saturated rings. The molecular formula is C14H13ClN3O3-. The van der Waals surface area contributed by atoms with E-state index in [1.165, 1.54) is 6.33 Å². The first kappa shape index (κ1) is 13.9. The number of halogens is 1. The topological polar surface area (TPSA) is 70.4 Å². The third-order valence-corrected chi connectivity index (χ3v) is 3.77. The molecule has 21 heavy (non-hydrogen) atoms. The Hall–Kier alpha value is -2.05. The summed E-state index contributed by atoms with van der Waals surface area (Å²) in [5, 5.41) is 13.6. The zero-order chi connectivity index (χ0) is 15.1. The first-order chi connectivity index (χ1) is 10.1. The second-order valence-electron chi connectivity index (χ2n) is 4.68. The SMILES string of the molecule is CCOC(=O)c1ncn2c1C(C)N([O-])c1c(Cl)cccc1-2. The van der Waals surface area contributed by atoms with Crippen LogP contribution in [0.4, 0.5) is 5.69 Å². The zero-order valence-corrected chi connectivity index (χ0v) is 12.3. The fourth-order valence-electron chi connectivity index (χ4n) is 2.53. The van der Waals surface area contributed by atoms with Crippen molar-refractivity contribution in [1.82, 2.24) is 9.55 Å². The number of rotatable bonds is 2. The molecule has 2 aromatic rings. The molecule has 110 valence electrons. The van der Waals surface area contributed by atoms with E-state index in [-0.39, 0.29) is 12.3 Å². The van der Waals surface area contributed by atoms with Gasteiger partial charge in [-0.3, -0.25) is 4.57 Å². The molecule has 2 heterocycles. The predicted octanol–water partition coefficient (Wildman–Crippen LogP) is 3.08. The molecule has 1 aromatic heterocycles. The van der Waals surface area contributed by atoms with E-state index in [9.17, 15) is 10.0 Å². The van der Waals surface area contributed by atoms with Crippen LogP contribution in [0.3, 0.4) is 0 Å². The van der Waals surface area contributed by atoms with Gasteiger partial charge in [-0.25, -0.2) is 9.78 Å². The summed E-state index contributed by atoms with van der Waals surface area (Å²) in [4.78, 5) is 16.1. The molecule has 1 aliphatic rings. The van der Waals surface area contributed by atoms with Gasteiger partial charge in [0.15, 0.2) is 5.69 Å². The third kappa shape index (κ3) is 1.99. The Kier molecular flexibility index (Phi) is 3.35. The van der Waals surface area contributed by atoms with Gasteiger partial charge in [-0.1, -0.05) is 17.7 Å². The molecule has 3 rings (SSSR count). The molecule has 0 spiro atoms. The van der Waals surface area contributed by atoms with Crippen molar-refractivity contribution < 1.29 is 9.53 Å². The summed E-state index contributed by atoms with van der Waals surface area (Å²) in [5.74, 6) is -0.531. The minimum absolute atomic E-state index is 0.163. The molecule has 1 aliphatic heterocycles. The predicted molar refractivity (Wildman–Crippen MR) is 78.8 cm³/mol. The third-order valence-electron chi connectivity index (χ3n) is 3.47. The van der Waals surface area contributed by atoms with Gasteiger partial charge in [0.1, 0.15) is 6.33 Å². The fraction of sp³-hybridized carbons (Fsp3) is 0.286. The molecule has 1 aromatic carbocycles. The van der Waals surface area contributed by atoms with Crippen molar-refractivity contribution in [2.75, 3.05) is 11.7 Å². The number of aromatic nitrogens is 2. The van der Waals surface area contributed by atoms with E-state index in [0.717, 1.165) is 5.06 Å². The van der Waals surface area contributed by atoms with Gasteiger partial charge in [-0.05, 0) is 26.0 Å². The molecular weight excluding hydrogens is 294 g/mol. The Morgan fingerprint density at radius 1 is 1.52 bits per heavy atom. The van der Waals surface area contributed by atoms with Gasteiger partial charge in [0.05, 0.1) is 34.7 Å². The minimum atomic E-state index is -0.584. The molecule has 7 heteroatoms.